The van der Waals surface area contributed by atoms with Crippen molar-refractivity contribution >= 4 is 28.6 Å². The summed E-state index contributed by atoms with van der Waals surface area (Å²) in [5.41, 5.74) is 7.66. The van der Waals surface area contributed by atoms with Gasteiger partial charge >= 0.3 is 0 Å². The van der Waals surface area contributed by atoms with E-state index in [9.17, 15) is 4.79 Å². The summed E-state index contributed by atoms with van der Waals surface area (Å²) in [5, 5.41) is 10.8. The van der Waals surface area contributed by atoms with Crippen LogP contribution in [-0.2, 0) is 11.3 Å². The molecule has 6 rings (SSSR count). The third-order valence-corrected chi connectivity index (χ3v) is 6.31. The third-order valence-electron chi connectivity index (χ3n) is 6.31. The first-order valence-corrected chi connectivity index (χ1v) is 11.1. The normalized spacial score (nSPS) is 15.5. The number of hydrogen-bond donors (Lipinski definition) is 2. The lowest BCUT2D eigenvalue weighted by Crippen LogP contribution is -2.36. The number of pyridine rings is 2. The van der Waals surface area contributed by atoms with Crippen LogP contribution in [0.15, 0.2) is 55.0 Å². The van der Waals surface area contributed by atoms with Crippen molar-refractivity contribution in [1.82, 2.24) is 19.9 Å². The molecule has 8 heteroatoms. The number of benzene rings is 1. The van der Waals surface area contributed by atoms with Gasteiger partial charge in [-0.15, -0.1) is 0 Å². The number of ether oxygens (including phenoxy) is 1. The van der Waals surface area contributed by atoms with Crippen LogP contribution >= 0.6 is 0 Å². The summed E-state index contributed by atoms with van der Waals surface area (Å²) in [7, 11) is 0. The Morgan fingerprint density at radius 2 is 1.91 bits per heavy atom. The zero-order valence-electron chi connectivity index (χ0n) is 18.3. The molecule has 2 aliphatic heterocycles. The van der Waals surface area contributed by atoms with Gasteiger partial charge in [0.1, 0.15) is 5.82 Å². The monoisotopic (exact) mass is 440 g/mol. The molecular weight excluding hydrogens is 416 g/mol. The van der Waals surface area contributed by atoms with Crippen LogP contribution in [0.5, 0.6) is 0 Å². The maximum Gasteiger partial charge on any atom is 0.254 e. The Hall–Kier alpha value is -3.91. The van der Waals surface area contributed by atoms with Gasteiger partial charge in [0.05, 0.1) is 48.1 Å². The summed E-state index contributed by atoms with van der Waals surface area (Å²) >= 11 is 0. The predicted molar refractivity (Wildman–Crippen MR) is 127 cm³/mol. The Labute approximate surface area is 191 Å². The van der Waals surface area contributed by atoms with E-state index in [2.05, 4.69) is 49.9 Å². The first kappa shape index (κ1) is 19.8. The summed E-state index contributed by atoms with van der Waals surface area (Å²) in [6.45, 7) is 5.74. The molecule has 0 bridgehead atoms. The first-order chi connectivity index (χ1) is 16.2. The Bertz CT molecular complexity index is 1360. The molecule has 166 valence electrons. The molecule has 1 aromatic carbocycles. The molecular formula is C25H24N6O2. The average molecular weight is 441 g/mol. The van der Waals surface area contributed by atoms with Gasteiger partial charge in [-0.2, -0.15) is 5.10 Å². The number of rotatable bonds is 4. The number of morpholine rings is 1. The van der Waals surface area contributed by atoms with E-state index in [0.717, 1.165) is 65.4 Å². The van der Waals surface area contributed by atoms with E-state index in [4.69, 9.17) is 4.74 Å². The zero-order chi connectivity index (χ0) is 22.4. The molecule has 8 nitrogen and oxygen atoms in total. The van der Waals surface area contributed by atoms with E-state index in [1.165, 1.54) is 0 Å². The summed E-state index contributed by atoms with van der Waals surface area (Å²) in [5.74, 6) is 0.625. The van der Waals surface area contributed by atoms with Crippen molar-refractivity contribution < 1.29 is 9.53 Å². The molecule has 3 aromatic heterocycles. The number of nitrogens with zero attached hydrogens (tertiary/aromatic N) is 4. The molecule has 5 heterocycles. The van der Waals surface area contributed by atoms with Crippen molar-refractivity contribution in [3.63, 3.8) is 0 Å². The van der Waals surface area contributed by atoms with Crippen molar-refractivity contribution in [2.75, 3.05) is 36.5 Å². The molecule has 0 radical (unpaired) electrons. The summed E-state index contributed by atoms with van der Waals surface area (Å²) in [6, 6.07) is 12.2. The maximum absolute atomic E-state index is 12.8. The van der Waals surface area contributed by atoms with Crippen molar-refractivity contribution in [2.45, 2.75) is 13.5 Å². The second-order valence-corrected chi connectivity index (χ2v) is 8.42. The highest BCUT2D eigenvalue weighted by molar-refractivity contribution is 6.06. The van der Waals surface area contributed by atoms with E-state index >= 15 is 0 Å². The number of carbonyl (C=O) groups is 1. The van der Waals surface area contributed by atoms with Crippen molar-refractivity contribution in [3.05, 3.63) is 71.7 Å². The molecule has 2 aliphatic rings. The topological polar surface area (TPSA) is 83.8 Å². The lowest BCUT2D eigenvalue weighted by molar-refractivity contribution is 0.0966. The molecule has 0 aliphatic carbocycles. The minimum Gasteiger partial charge on any atom is -0.378 e. The predicted octanol–water partition coefficient (Wildman–Crippen LogP) is 3.53. The van der Waals surface area contributed by atoms with E-state index in [1.807, 2.05) is 42.2 Å². The summed E-state index contributed by atoms with van der Waals surface area (Å²) in [4.78, 5) is 19.6. The first-order valence-electron chi connectivity index (χ1n) is 11.1. The molecule has 0 unspecified atom stereocenters. The number of aromatic nitrogens is 3. The SMILES string of the molecule is Cc1ccc2c(-c3ccc(Nc4ccc(N5CCOCC5)cn4)c4c3CNC4=O)cnn2c1. The van der Waals surface area contributed by atoms with Gasteiger partial charge in [-0.05, 0) is 47.9 Å². The largest absolute Gasteiger partial charge is 0.378 e. The molecule has 2 N–H and O–H groups in total. The fourth-order valence-corrected chi connectivity index (χ4v) is 4.61. The molecule has 0 saturated carbocycles. The van der Waals surface area contributed by atoms with Gasteiger partial charge < -0.3 is 20.3 Å². The zero-order valence-corrected chi connectivity index (χ0v) is 18.3. The maximum atomic E-state index is 12.8. The summed E-state index contributed by atoms with van der Waals surface area (Å²) < 4.78 is 7.31. The lowest BCUT2D eigenvalue weighted by Gasteiger charge is -2.28. The van der Waals surface area contributed by atoms with E-state index in [-0.39, 0.29) is 5.91 Å². The Balaban J connectivity index is 1.33. The van der Waals surface area contributed by atoms with Gasteiger partial charge in [-0.25, -0.2) is 9.50 Å². The standard InChI is InChI=1S/C25H24N6O2/c1-16-2-6-22-19(14-28-31(22)15-16)18-4-5-21(24-20(18)13-27-25(24)32)29-23-7-3-17(12-26-23)30-8-10-33-11-9-30/h2-7,12,14-15H,8-11,13H2,1H3,(H,26,29)(H,27,32). The molecule has 1 fully saturated rings. The Kier molecular flexibility index (Phi) is 4.73. The van der Waals surface area contributed by atoms with Gasteiger partial charge in [0.2, 0.25) is 0 Å². The number of nitrogens with one attached hydrogen (secondary N) is 2. The minimum atomic E-state index is -0.0772. The smallest absolute Gasteiger partial charge is 0.254 e. The van der Waals surface area contributed by atoms with E-state index in [0.29, 0.717) is 17.9 Å². The number of fused-ring (bicyclic) bond motifs is 2. The van der Waals surface area contributed by atoms with Crippen LogP contribution in [0.3, 0.4) is 0 Å². The van der Waals surface area contributed by atoms with Crippen LogP contribution in [0, 0.1) is 6.92 Å². The van der Waals surface area contributed by atoms with Crippen LogP contribution < -0.4 is 15.5 Å². The fourth-order valence-electron chi connectivity index (χ4n) is 4.61. The molecule has 33 heavy (non-hydrogen) atoms. The third kappa shape index (κ3) is 3.48. The van der Waals surface area contributed by atoms with E-state index in [1.54, 1.807) is 0 Å². The number of aryl methyl sites for hydroxylation is 1. The Morgan fingerprint density at radius 1 is 1.03 bits per heavy atom. The average Bonchev–Trinajstić information content (AvgIpc) is 3.44. The molecule has 1 amide bonds. The second kappa shape index (κ2) is 7.90. The number of carbonyl (C=O) groups excluding carboxylic acids is 1. The number of amides is 1. The van der Waals surface area contributed by atoms with Crippen molar-refractivity contribution in [1.29, 1.82) is 0 Å². The Morgan fingerprint density at radius 3 is 2.73 bits per heavy atom. The number of anilines is 3. The highest BCUT2D eigenvalue weighted by Gasteiger charge is 2.27. The number of hydrogen-bond acceptors (Lipinski definition) is 6. The highest BCUT2D eigenvalue weighted by Crippen LogP contribution is 2.36. The van der Waals surface area contributed by atoms with Crippen molar-refractivity contribution in [2.24, 2.45) is 0 Å². The lowest BCUT2D eigenvalue weighted by atomic mass is 9.96. The highest BCUT2D eigenvalue weighted by atomic mass is 16.5. The summed E-state index contributed by atoms with van der Waals surface area (Å²) in [6.07, 6.45) is 5.74. The molecule has 4 aromatic rings. The second-order valence-electron chi connectivity index (χ2n) is 8.42. The van der Waals surface area contributed by atoms with Crippen LogP contribution in [0.25, 0.3) is 16.6 Å². The fraction of sp³-hybridized carbons (Fsp3) is 0.240. The van der Waals surface area contributed by atoms with Gasteiger partial charge in [-0.1, -0.05) is 12.1 Å². The van der Waals surface area contributed by atoms with E-state index < -0.39 is 0 Å². The van der Waals surface area contributed by atoms with Gasteiger partial charge in [-0.3, -0.25) is 4.79 Å². The van der Waals surface area contributed by atoms with Crippen LogP contribution in [0.4, 0.5) is 17.2 Å². The van der Waals surface area contributed by atoms with Gasteiger partial charge in [0, 0.05) is 31.4 Å². The van der Waals surface area contributed by atoms with Crippen LogP contribution in [0.1, 0.15) is 21.5 Å². The quantitative estimate of drug-likeness (QED) is 0.505. The van der Waals surface area contributed by atoms with Crippen LogP contribution in [0.2, 0.25) is 0 Å². The molecule has 0 spiro atoms. The van der Waals surface area contributed by atoms with Gasteiger partial charge in [0.15, 0.2) is 0 Å². The molecule has 1 saturated heterocycles. The van der Waals surface area contributed by atoms with Crippen molar-refractivity contribution in [3.8, 4) is 11.1 Å². The van der Waals surface area contributed by atoms with Gasteiger partial charge in [0.25, 0.3) is 5.91 Å². The minimum absolute atomic E-state index is 0.0772. The van der Waals surface area contributed by atoms with Crippen LogP contribution in [-0.4, -0.2) is 46.8 Å². The molecule has 0 atom stereocenters.